The number of nitrogens with zero attached hydrogens (tertiary/aromatic N) is 1. The molecule has 0 bridgehead atoms. The standard InChI is InChI=1S/C23H20N4O4/c1-11-7-15-19(9-17(11)24)31-20-10-18(25)12(2)8-16(20)23(15)14-6-4-3-5-13(14)21(28)27(23)26-22(29)30/h3-10,26H,24-25H2,1-2H3,(H,29,30). The van der Waals surface area contributed by atoms with Crippen molar-refractivity contribution in [2.24, 2.45) is 0 Å². The average molecular weight is 416 g/mol. The first-order chi connectivity index (χ1) is 14.7. The molecule has 2 aliphatic rings. The maximum absolute atomic E-state index is 13.4. The van der Waals surface area contributed by atoms with Crippen LogP contribution in [0.1, 0.15) is 38.2 Å². The number of hydrogen-bond donors (Lipinski definition) is 4. The van der Waals surface area contributed by atoms with E-state index in [1.54, 1.807) is 24.3 Å². The number of carbonyl (C=O) groups is 2. The van der Waals surface area contributed by atoms with Crippen molar-refractivity contribution in [3.8, 4) is 11.5 Å². The van der Waals surface area contributed by atoms with Gasteiger partial charge in [0.15, 0.2) is 0 Å². The second-order valence-corrected chi connectivity index (χ2v) is 7.83. The predicted octanol–water partition coefficient (Wildman–Crippen LogP) is 3.50. The molecule has 6 N–H and O–H groups in total. The molecule has 5 rings (SSSR count). The van der Waals surface area contributed by atoms with Crippen LogP contribution in [0.3, 0.4) is 0 Å². The number of carbonyl (C=O) groups excluding carboxylic acids is 1. The maximum Gasteiger partial charge on any atom is 0.423 e. The Morgan fingerprint density at radius 3 is 2.06 bits per heavy atom. The molecule has 0 fully saturated rings. The molecule has 1 spiro atoms. The third-order valence-corrected chi connectivity index (χ3v) is 6.03. The van der Waals surface area contributed by atoms with Gasteiger partial charge in [-0.1, -0.05) is 18.2 Å². The number of carboxylic acid groups (broad SMARTS) is 1. The van der Waals surface area contributed by atoms with Crippen LogP contribution in [0.2, 0.25) is 0 Å². The van der Waals surface area contributed by atoms with Crippen LogP contribution >= 0.6 is 0 Å². The average Bonchev–Trinajstić information content (AvgIpc) is 2.95. The normalized spacial score (nSPS) is 15.2. The number of nitrogens with one attached hydrogen (secondary N) is 1. The summed E-state index contributed by atoms with van der Waals surface area (Å²) in [6, 6.07) is 14.1. The Kier molecular flexibility index (Phi) is 3.73. The van der Waals surface area contributed by atoms with Gasteiger partial charge in [0.25, 0.3) is 5.91 Å². The zero-order valence-corrected chi connectivity index (χ0v) is 16.9. The summed E-state index contributed by atoms with van der Waals surface area (Å²) in [5, 5.41) is 10.8. The molecule has 0 unspecified atom stereocenters. The number of fused-ring (bicyclic) bond motifs is 6. The molecule has 0 radical (unpaired) electrons. The van der Waals surface area contributed by atoms with Crippen molar-refractivity contribution in [3.05, 3.63) is 81.9 Å². The van der Waals surface area contributed by atoms with Gasteiger partial charge in [-0.15, -0.1) is 0 Å². The maximum atomic E-state index is 13.4. The molecule has 156 valence electrons. The summed E-state index contributed by atoms with van der Waals surface area (Å²) < 4.78 is 6.17. The fraction of sp³-hybridized carbons (Fsp3) is 0.130. The summed E-state index contributed by atoms with van der Waals surface area (Å²) in [6.07, 6.45) is -1.35. The summed E-state index contributed by atoms with van der Waals surface area (Å²) in [5.74, 6) is 0.404. The Hall–Kier alpha value is -4.20. The van der Waals surface area contributed by atoms with E-state index in [4.69, 9.17) is 16.2 Å². The highest BCUT2D eigenvalue weighted by molar-refractivity contribution is 6.03. The fourth-order valence-electron chi connectivity index (χ4n) is 4.55. The molecule has 0 saturated heterocycles. The number of ether oxygens (including phenoxy) is 1. The van der Waals surface area contributed by atoms with Crippen LogP contribution in [-0.2, 0) is 5.54 Å². The van der Waals surface area contributed by atoms with E-state index in [1.165, 1.54) is 0 Å². The highest BCUT2D eigenvalue weighted by Gasteiger charge is 2.57. The van der Waals surface area contributed by atoms with Crippen molar-refractivity contribution in [1.29, 1.82) is 0 Å². The Morgan fingerprint density at radius 2 is 1.52 bits per heavy atom. The second-order valence-electron chi connectivity index (χ2n) is 7.83. The number of benzene rings is 3. The van der Waals surface area contributed by atoms with Gasteiger partial charge in [0.05, 0.1) is 0 Å². The highest BCUT2D eigenvalue weighted by Crippen LogP contribution is 2.57. The third kappa shape index (κ3) is 2.35. The lowest BCUT2D eigenvalue weighted by atomic mass is 9.74. The van der Waals surface area contributed by atoms with E-state index < -0.39 is 17.5 Å². The highest BCUT2D eigenvalue weighted by atomic mass is 16.5. The lowest BCUT2D eigenvalue weighted by Gasteiger charge is -2.43. The van der Waals surface area contributed by atoms with Crippen LogP contribution in [0.5, 0.6) is 11.5 Å². The molecular weight excluding hydrogens is 396 g/mol. The largest absolute Gasteiger partial charge is 0.464 e. The summed E-state index contributed by atoms with van der Waals surface area (Å²) in [7, 11) is 0. The van der Waals surface area contributed by atoms with Gasteiger partial charge in [-0.25, -0.2) is 15.2 Å². The molecule has 0 saturated carbocycles. The molecule has 2 heterocycles. The second kappa shape index (κ2) is 6.15. The molecular formula is C23H20N4O4. The molecule has 8 nitrogen and oxygen atoms in total. The predicted molar refractivity (Wildman–Crippen MR) is 115 cm³/mol. The van der Waals surface area contributed by atoms with Crippen molar-refractivity contribution in [2.45, 2.75) is 19.4 Å². The zero-order valence-electron chi connectivity index (χ0n) is 16.9. The van der Waals surface area contributed by atoms with E-state index in [-0.39, 0.29) is 0 Å². The molecule has 2 aliphatic heterocycles. The molecule has 31 heavy (non-hydrogen) atoms. The lowest BCUT2D eigenvalue weighted by molar-refractivity contribution is 0.0502. The van der Waals surface area contributed by atoms with Crippen molar-refractivity contribution < 1.29 is 19.4 Å². The van der Waals surface area contributed by atoms with Gasteiger partial charge in [0, 0.05) is 45.8 Å². The third-order valence-electron chi connectivity index (χ3n) is 6.03. The lowest BCUT2D eigenvalue weighted by Crippen LogP contribution is -2.55. The smallest absolute Gasteiger partial charge is 0.423 e. The molecule has 3 aromatic rings. The van der Waals surface area contributed by atoms with Crippen molar-refractivity contribution in [1.82, 2.24) is 10.4 Å². The molecule has 0 aromatic heterocycles. The molecule has 0 atom stereocenters. The first kappa shape index (κ1) is 18.8. The summed E-state index contributed by atoms with van der Waals surface area (Å²) >= 11 is 0. The number of rotatable bonds is 1. The van der Waals surface area contributed by atoms with Crippen molar-refractivity contribution in [3.63, 3.8) is 0 Å². The van der Waals surface area contributed by atoms with E-state index >= 15 is 0 Å². The molecule has 3 aromatic carbocycles. The van der Waals surface area contributed by atoms with Gasteiger partial charge in [-0.3, -0.25) is 4.79 Å². The number of amides is 2. The topological polar surface area (TPSA) is 131 Å². The first-order valence-corrected chi connectivity index (χ1v) is 9.68. The van der Waals surface area contributed by atoms with Gasteiger partial charge in [0.2, 0.25) is 0 Å². The zero-order chi connectivity index (χ0) is 22.1. The van der Waals surface area contributed by atoms with Gasteiger partial charge >= 0.3 is 6.09 Å². The van der Waals surface area contributed by atoms with E-state index in [1.807, 2.05) is 38.1 Å². The Bertz CT molecular complexity index is 1240. The number of hydrazine groups is 1. The van der Waals surface area contributed by atoms with Gasteiger partial charge in [0.1, 0.15) is 17.0 Å². The van der Waals surface area contributed by atoms with Gasteiger partial charge in [-0.2, -0.15) is 0 Å². The van der Waals surface area contributed by atoms with E-state index in [2.05, 4.69) is 5.43 Å². The number of anilines is 2. The molecule has 2 amide bonds. The number of nitrogen functional groups attached to an aromatic ring is 2. The van der Waals surface area contributed by atoms with Crippen molar-refractivity contribution >= 4 is 23.4 Å². The minimum atomic E-state index is -1.35. The van der Waals surface area contributed by atoms with Crippen LogP contribution in [0, 0.1) is 13.8 Å². The Labute approximate surface area is 178 Å². The van der Waals surface area contributed by atoms with Gasteiger partial charge in [-0.05, 0) is 43.2 Å². The summed E-state index contributed by atoms with van der Waals surface area (Å²) in [5.41, 5.74) is 18.2. The van der Waals surface area contributed by atoms with Gasteiger partial charge < -0.3 is 21.3 Å². The molecule has 0 aliphatic carbocycles. The van der Waals surface area contributed by atoms with Crippen LogP contribution in [0.25, 0.3) is 0 Å². The first-order valence-electron chi connectivity index (χ1n) is 9.68. The number of aryl methyl sites for hydroxylation is 2. The van der Waals surface area contributed by atoms with E-state index in [0.29, 0.717) is 45.1 Å². The van der Waals surface area contributed by atoms with Crippen LogP contribution in [0.15, 0.2) is 48.5 Å². The minimum Gasteiger partial charge on any atom is -0.464 e. The Morgan fingerprint density at radius 1 is 0.968 bits per heavy atom. The fourth-order valence-corrected chi connectivity index (χ4v) is 4.55. The van der Waals surface area contributed by atoms with Crippen molar-refractivity contribution in [2.75, 3.05) is 11.5 Å². The quantitative estimate of drug-likeness (QED) is 0.449. The minimum absolute atomic E-state index is 0.402. The summed E-state index contributed by atoms with van der Waals surface area (Å²) in [6.45, 7) is 3.70. The van der Waals surface area contributed by atoms with Crippen LogP contribution in [0.4, 0.5) is 16.2 Å². The SMILES string of the molecule is Cc1cc2c(cc1N)Oc1cc(N)c(C)cc1C21c2ccccc2C(=O)N1NC(=O)O. The van der Waals surface area contributed by atoms with E-state index in [9.17, 15) is 14.7 Å². The molecule has 8 heteroatoms. The summed E-state index contributed by atoms with van der Waals surface area (Å²) in [4.78, 5) is 25.2. The Balaban J connectivity index is 1.97. The number of nitrogens with two attached hydrogens (primary N) is 2. The number of hydrogen-bond acceptors (Lipinski definition) is 5. The van der Waals surface area contributed by atoms with Crippen LogP contribution in [-0.4, -0.2) is 22.1 Å². The monoisotopic (exact) mass is 416 g/mol. The van der Waals surface area contributed by atoms with Crippen LogP contribution < -0.4 is 21.6 Å². The van der Waals surface area contributed by atoms with E-state index in [0.717, 1.165) is 16.1 Å².